The van der Waals surface area contributed by atoms with Crippen molar-refractivity contribution in [2.75, 3.05) is 11.4 Å². The summed E-state index contributed by atoms with van der Waals surface area (Å²) in [6.07, 6.45) is 1.14. The van der Waals surface area contributed by atoms with E-state index in [4.69, 9.17) is 10.1 Å². The molecule has 0 saturated carbocycles. The van der Waals surface area contributed by atoms with Crippen LogP contribution in [0.4, 0.5) is 5.69 Å². The average Bonchev–Trinajstić information content (AvgIpc) is 3.29. The van der Waals surface area contributed by atoms with Crippen molar-refractivity contribution in [3.05, 3.63) is 114 Å². The Bertz CT molecular complexity index is 1490. The zero-order valence-corrected chi connectivity index (χ0v) is 19.1. The van der Waals surface area contributed by atoms with E-state index in [1.54, 1.807) is 18.2 Å². The molecular weight excluding hydrogens is 456 g/mol. The largest absolute Gasteiger partial charge is 0.478 e. The molecular formula is C28H22N4O4. The van der Waals surface area contributed by atoms with Crippen LogP contribution in [0.25, 0.3) is 10.9 Å². The lowest BCUT2D eigenvalue weighted by molar-refractivity contribution is -0.131. The van der Waals surface area contributed by atoms with Gasteiger partial charge in [0.1, 0.15) is 5.69 Å². The van der Waals surface area contributed by atoms with Crippen molar-refractivity contribution in [3.8, 4) is 0 Å². The number of fused-ring (bicyclic) bond motifs is 2. The second-order valence-electron chi connectivity index (χ2n) is 8.20. The first-order valence-electron chi connectivity index (χ1n) is 11.3. The van der Waals surface area contributed by atoms with Crippen LogP contribution in [0.1, 0.15) is 21.6 Å². The SMILES string of the molecule is O=C(O)/C=C\CN1C(=O)[C@@H](NC(=O)c2cc3ccccc3[nH]2)N=C(c2ccccc2)c2ccccc21. The van der Waals surface area contributed by atoms with E-state index in [0.29, 0.717) is 22.7 Å². The molecule has 5 rings (SSSR count). The first-order valence-corrected chi connectivity index (χ1v) is 11.3. The Morgan fingerprint density at radius 1 is 1.00 bits per heavy atom. The zero-order valence-electron chi connectivity index (χ0n) is 19.1. The third kappa shape index (κ3) is 4.52. The smallest absolute Gasteiger partial charge is 0.328 e. The van der Waals surface area contributed by atoms with Gasteiger partial charge in [-0.3, -0.25) is 9.59 Å². The summed E-state index contributed by atoms with van der Waals surface area (Å²) < 4.78 is 0. The van der Waals surface area contributed by atoms with Crippen LogP contribution in [-0.4, -0.2) is 46.3 Å². The minimum atomic E-state index is -1.23. The third-order valence-corrected chi connectivity index (χ3v) is 5.85. The quantitative estimate of drug-likeness (QED) is 0.366. The summed E-state index contributed by atoms with van der Waals surface area (Å²) in [7, 11) is 0. The van der Waals surface area contributed by atoms with Crippen LogP contribution in [0.2, 0.25) is 0 Å². The molecule has 0 spiro atoms. The molecule has 1 aliphatic heterocycles. The number of aliphatic imine (C=N–C) groups is 1. The molecule has 0 radical (unpaired) electrons. The molecule has 3 aromatic carbocycles. The number of anilines is 1. The van der Waals surface area contributed by atoms with E-state index >= 15 is 0 Å². The number of carbonyl (C=O) groups is 3. The number of carbonyl (C=O) groups excluding carboxylic acids is 2. The van der Waals surface area contributed by atoms with Gasteiger partial charge in [-0.2, -0.15) is 0 Å². The second kappa shape index (κ2) is 9.71. The lowest BCUT2D eigenvalue weighted by Gasteiger charge is -2.24. The molecule has 2 heterocycles. The number of hydrogen-bond donors (Lipinski definition) is 3. The van der Waals surface area contributed by atoms with Crippen LogP contribution in [0.15, 0.2) is 102 Å². The zero-order chi connectivity index (χ0) is 25.1. The fourth-order valence-electron chi connectivity index (χ4n) is 4.19. The number of rotatable bonds is 6. The number of H-pyrrole nitrogens is 1. The van der Waals surface area contributed by atoms with Crippen molar-refractivity contribution in [1.29, 1.82) is 0 Å². The van der Waals surface area contributed by atoms with E-state index in [9.17, 15) is 14.4 Å². The van der Waals surface area contributed by atoms with Crippen molar-refractivity contribution in [1.82, 2.24) is 10.3 Å². The van der Waals surface area contributed by atoms with E-state index in [2.05, 4.69) is 10.3 Å². The Balaban J connectivity index is 1.57. The highest BCUT2D eigenvalue weighted by molar-refractivity contribution is 6.20. The topological polar surface area (TPSA) is 115 Å². The van der Waals surface area contributed by atoms with Gasteiger partial charge in [-0.25, -0.2) is 9.79 Å². The van der Waals surface area contributed by atoms with Gasteiger partial charge < -0.3 is 20.3 Å². The van der Waals surface area contributed by atoms with Crippen molar-refractivity contribution in [3.63, 3.8) is 0 Å². The summed E-state index contributed by atoms with van der Waals surface area (Å²) in [5.41, 5.74) is 3.71. The Morgan fingerprint density at radius 2 is 1.72 bits per heavy atom. The number of aliphatic carboxylic acids is 1. The molecule has 0 unspecified atom stereocenters. The number of benzene rings is 3. The summed E-state index contributed by atoms with van der Waals surface area (Å²) in [6, 6.07) is 25.9. The molecule has 0 fully saturated rings. The van der Waals surface area contributed by atoms with Gasteiger partial charge in [0.2, 0.25) is 6.17 Å². The molecule has 0 bridgehead atoms. The molecule has 1 aromatic heterocycles. The second-order valence-corrected chi connectivity index (χ2v) is 8.20. The molecule has 178 valence electrons. The molecule has 0 saturated heterocycles. The van der Waals surface area contributed by atoms with Crippen LogP contribution >= 0.6 is 0 Å². The van der Waals surface area contributed by atoms with Crippen molar-refractivity contribution in [2.24, 2.45) is 4.99 Å². The van der Waals surface area contributed by atoms with Gasteiger partial charge in [0.05, 0.1) is 11.4 Å². The number of nitrogens with one attached hydrogen (secondary N) is 2. The van der Waals surface area contributed by atoms with Crippen LogP contribution in [0.5, 0.6) is 0 Å². The van der Waals surface area contributed by atoms with Crippen molar-refractivity contribution < 1.29 is 19.5 Å². The summed E-state index contributed by atoms with van der Waals surface area (Å²) in [5, 5.41) is 12.7. The summed E-state index contributed by atoms with van der Waals surface area (Å²) in [4.78, 5) is 47.2. The van der Waals surface area contributed by atoms with Crippen molar-refractivity contribution in [2.45, 2.75) is 6.17 Å². The fraction of sp³-hybridized carbons (Fsp3) is 0.0714. The van der Waals surface area contributed by atoms with Crippen LogP contribution in [0.3, 0.4) is 0 Å². The number of hydrogen-bond acceptors (Lipinski definition) is 4. The molecule has 0 aliphatic carbocycles. The number of benzodiazepines with no additional fused rings is 1. The highest BCUT2D eigenvalue weighted by Crippen LogP contribution is 2.28. The van der Waals surface area contributed by atoms with E-state index in [1.165, 1.54) is 11.0 Å². The third-order valence-electron chi connectivity index (χ3n) is 5.85. The van der Waals surface area contributed by atoms with Gasteiger partial charge >= 0.3 is 5.97 Å². The summed E-state index contributed by atoms with van der Waals surface area (Å²) in [5.74, 6) is -2.07. The summed E-state index contributed by atoms with van der Waals surface area (Å²) >= 11 is 0. The highest BCUT2D eigenvalue weighted by Gasteiger charge is 2.33. The minimum Gasteiger partial charge on any atom is -0.478 e. The lowest BCUT2D eigenvalue weighted by Crippen LogP contribution is -2.47. The molecule has 1 atom stereocenters. The lowest BCUT2D eigenvalue weighted by atomic mass is 10.0. The predicted octanol–water partition coefficient (Wildman–Crippen LogP) is 3.75. The number of para-hydroxylation sites is 2. The predicted molar refractivity (Wildman–Crippen MR) is 137 cm³/mol. The molecule has 8 nitrogen and oxygen atoms in total. The van der Waals surface area contributed by atoms with E-state index < -0.39 is 23.9 Å². The molecule has 2 amide bonds. The number of carboxylic acid groups (broad SMARTS) is 1. The van der Waals surface area contributed by atoms with E-state index in [-0.39, 0.29) is 6.54 Å². The van der Waals surface area contributed by atoms with Crippen molar-refractivity contribution >= 4 is 40.1 Å². The first kappa shape index (κ1) is 22.8. The maximum atomic E-state index is 13.7. The number of carboxylic acids is 1. The van der Waals surface area contributed by atoms with Gasteiger partial charge in [0, 0.05) is 34.7 Å². The molecule has 1 aliphatic rings. The Morgan fingerprint density at radius 3 is 2.50 bits per heavy atom. The maximum Gasteiger partial charge on any atom is 0.328 e. The number of aromatic nitrogens is 1. The van der Waals surface area contributed by atoms with Gasteiger partial charge in [-0.15, -0.1) is 0 Å². The molecule has 8 heteroatoms. The monoisotopic (exact) mass is 478 g/mol. The van der Waals surface area contributed by atoms with Gasteiger partial charge in [0.25, 0.3) is 11.8 Å². The Kier molecular flexibility index (Phi) is 6.15. The first-order chi connectivity index (χ1) is 17.5. The molecule has 3 N–H and O–H groups in total. The number of aromatic amines is 1. The van der Waals surface area contributed by atoms with Gasteiger partial charge in [-0.05, 0) is 18.2 Å². The van der Waals surface area contributed by atoms with Gasteiger partial charge in [-0.1, -0.05) is 72.8 Å². The average molecular weight is 479 g/mol. The highest BCUT2D eigenvalue weighted by atomic mass is 16.4. The fourth-order valence-corrected chi connectivity index (χ4v) is 4.19. The normalized spacial score (nSPS) is 15.4. The summed E-state index contributed by atoms with van der Waals surface area (Å²) in [6.45, 7) is -0.00149. The maximum absolute atomic E-state index is 13.7. The minimum absolute atomic E-state index is 0.00149. The van der Waals surface area contributed by atoms with Crippen LogP contribution in [0, 0.1) is 0 Å². The molecule has 4 aromatic rings. The Hall–Kier alpha value is -4.98. The Labute approximate surface area is 206 Å². The standard InChI is InChI=1S/C28H22N4O4/c33-24(34)15-8-16-32-23-14-7-5-12-20(23)25(18-9-2-1-3-10-18)30-26(28(32)36)31-27(35)22-17-19-11-4-6-13-21(19)29-22/h1-15,17,26,29H,16H2,(H,31,35)(H,33,34)/b15-8-/t26-/m1/s1. The number of nitrogens with zero attached hydrogens (tertiary/aromatic N) is 2. The molecule has 36 heavy (non-hydrogen) atoms. The van der Waals surface area contributed by atoms with E-state index in [1.807, 2.05) is 66.7 Å². The van der Waals surface area contributed by atoms with Crippen LogP contribution < -0.4 is 10.2 Å². The number of amides is 2. The van der Waals surface area contributed by atoms with E-state index in [0.717, 1.165) is 22.5 Å². The van der Waals surface area contributed by atoms with Crippen LogP contribution in [-0.2, 0) is 9.59 Å². The van der Waals surface area contributed by atoms with Gasteiger partial charge in [0.15, 0.2) is 0 Å².